The summed E-state index contributed by atoms with van der Waals surface area (Å²) in [7, 11) is 0. The maximum Gasteiger partial charge on any atom is 0.434 e. The number of likely N-dealkylation sites (tertiary alicyclic amines) is 1. The van der Waals surface area contributed by atoms with E-state index < -0.39 is 18.0 Å². The summed E-state index contributed by atoms with van der Waals surface area (Å²) in [6.07, 6.45) is 1.19. The lowest BCUT2D eigenvalue weighted by molar-refractivity contribution is -0.141. The van der Waals surface area contributed by atoms with Gasteiger partial charge in [0.25, 0.3) is 5.91 Å². The Labute approximate surface area is 176 Å². The van der Waals surface area contributed by atoms with Gasteiger partial charge >= 0.3 is 6.18 Å². The van der Waals surface area contributed by atoms with E-state index in [2.05, 4.69) is 19.9 Å². The Balaban J connectivity index is 1.48. The van der Waals surface area contributed by atoms with Crippen LogP contribution in [-0.2, 0) is 6.18 Å². The summed E-state index contributed by atoms with van der Waals surface area (Å²) in [6.45, 7) is 0.826. The van der Waals surface area contributed by atoms with E-state index >= 15 is 0 Å². The number of ether oxygens (including phenoxy) is 1. The van der Waals surface area contributed by atoms with E-state index in [0.717, 1.165) is 6.20 Å². The Morgan fingerprint density at radius 2 is 1.81 bits per heavy atom. The van der Waals surface area contributed by atoms with Gasteiger partial charge in [-0.3, -0.25) is 4.79 Å². The largest absolute Gasteiger partial charge is 0.471 e. The standard InChI is InChI=1S/C21H18F3N5O2/c22-21(23,24)17-11-28-18(12-27-17)31-14-5-3-10-29(13-14)20(30)16-7-2-1-6-15(16)19-25-8-4-9-26-19/h1-2,4,6-9,11-12,14H,3,5,10,13H2. The lowest BCUT2D eigenvalue weighted by Crippen LogP contribution is -2.44. The van der Waals surface area contributed by atoms with Gasteiger partial charge in [0.2, 0.25) is 5.88 Å². The molecule has 3 aromatic rings. The Morgan fingerprint density at radius 1 is 1.03 bits per heavy atom. The molecule has 160 valence electrons. The van der Waals surface area contributed by atoms with Gasteiger partial charge in [-0.1, -0.05) is 18.2 Å². The summed E-state index contributed by atoms with van der Waals surface area (Å²) in [4.78, 5) is 30.4. The predicted molar refractivity (Wildman–Crippen MR) is 104 cm³/mol. The number of hydrogen-bond acceptors (Lipinski definition) is 6. The molecule has 0 saturated carbocycles. The smallest absolute Gasteiger partial charge is 0.434 e. The fraction of sp³-hybridized carbons (Fsp3) is 0.286. The molecular formula is C21H18F3N5O2. The summed E-state index contributed by atoms with van der Waals surface area (Å²) in [5.41, 5.74) is 0.0217. The Kier molecular flexibility index (Phi) is 5.79. The van der Waals surface area contributed by atoms with Crippen molar-refractivity contribution >= 4 is 5.91 Å². The SMILES string of the molecule is O=C(c1ccccc1-c1ncccn1)N1CCCC(Oc2cnc(C(F)(F)F)cn2)C1. The van der Waals surface area contributed by atoms with Crippen molar-refractivity contribution in [2.24, 2.45) is 0 Å². The van der Waals surface area contributed by atoms with Crippen LogP contribution in [0.25, 0.3) is 11.4 Å². The maximum absolute atomic E-state index is 13.2. The highest BCUT2D eigenvalue weighted by molar-refractivity contribution is 6.00. The van der Waals surface area contributed by atoms with Crippen LogP contribution in [0.3, 0.4) is 0 Å². The van der Waals surface area contributed by atoms with Crippen LogP contribution in [0.4, 0.5) is 13.2 Å². The molecule has 1 aliphatic rings. The van der Waals surface area contributed by atoms with Crippen LogP contribution in [0.2, 0.25) is 0 Å². The number of rotatable bonds is 4. The topological polar surface area (TPSA) is 81.1 Å². The molecular weight excluding hydrogens is 411 g/mol. The minimum absolute atomic E-state index is 0.00890. The van der Waals surface area contributed by atoms with Gasteiger partial charge in [-0.2, -0.15) is 13.2 Å². The summed E-state index contributed by atoms with van der Waals surface area (Å²) in [5, 5.41) is 0. The van der Waals surface area contributed by atoms with Gasteiger partial charge in [0.15, 0.2) is 11.5 Å². The van der Waals surface area contributed by atoms with Crippen molar-refractivity contribution < 1.29 is 22.7 Å². The van der Waals surface area contributed by atoms with E-state index in [1.807, 2.05) is 6.07 Å². The van der Waals surface area contributed by atoms with Crippen molar-refractivity contribution in [1.29, 1.82) is 0 Å². The molecule has 0 N–H and O–H groups in total. The molecule has 1 unspecified atom stereocenters. The molecule has 0 spiro atoms. The monoisotopic (exact) mass is 429 g/mol. The van der Waals surface area contributed by atoms with Gasteiger partial charge in [-0.25, -0.2) is 19.9 Å². The predicted octanol–water partition coefficient (Wildman–Crippen LogP) is 3.64. The number of halogens is 3. The van der Waals surface area contributed by atoms with Crippen molar-refractivity contribution in [3.05, 3.63) is 66.4 Å². The number of carbonyl (C=O) groups is 1. The number of benzene rings is 1. The van der Waals surface area contributed by atoms with Gasteiger partial charge in [0.1, 0.15) is 6.10 Å². The lowest BCUT2D eigenvalue weighted by Gasteiger charge is -2.33. The second-order valence-corrected chi connectivity index (χ2v) is 6.99. The van der Waals surface area contributed by atoms with E-state index in [1.165, 1.54) is 0 Å². The number of alkyl halides is 3. The van der Waals surface area contributed by atoms with Crippen LogP contribution in [0.15, 0.2) is 55.1 Å². The van der Waals surface area contributed by atoms with Crippen molar-refractivity contribution in [3.63, 3.8) is 0 Å². The second-order valence-electron chi connectivity index (χ2n) is 6.99. The molecule has 1 fully saturated rings. The number of aromatic nitrogens is 4. The maximum atomic E-state index is 13.2. The summed E-state index contributed by atoms with van der Waals surface area (Å²) < 4.78 is 43.6. The minimum Gasteiger partial charge on any atom is -0.471 e. The molecule has 4 rings (SSSR count). The first-order valence-corrected chi connectivity index (χ1v) is 9.63. The van der Waals surface area contributed by atoms with Crippen LogP contribution in [0, 0.1) is 0 Å². The third-order valence-electron chi connectivity index (χ3n) is 4.84. The number of amides is 1. The molecule has 1 atom stereocenters. The normalized spacial score (nSPS) is 16.7. The van der Waals surface area contributed by atoms with E-state index in [4.69, 9.17) is 4.74 Å². The van der Waals surface area contributed by atoms with Crippen molar-refractivity contribution in [1.82, 2.24) is 24.8 Å². The van der Waals surface area contributed by atoms with Gasteiger partial charge in [-0.05, 0) is 25.0 Å². The zero-order chi connectivity index (χ0) is 21.8. The molecule has 1 aliphatic heterocycles. The van der Waals surface area contributed by atoms with Crippen LogP contribution >= 0.6 is 0 Å². The molecule has 1 aromatic carbocycles. The van der Waals surface area contributed by atoms with Gasteiger partial charge in [-0.15, -0.1) is 0 Å². The molecule has 10 heteroatoms. The van der Waals surface area contributed by atoms with Crippen LogP contribution in [-0.4, -0.2) is 49.9 Å². The summed E-state index contributed by atoms with van der Waals surface area (Å²) in [5.74, 6) is 0.261. The number of piperidine rings is 1. The van der Waals surface area contributed by atoms with E-state index in [-0.39, 0.29) is 18.3 Å². The highest BCUT2D eigenvalue weighted by atomic mass is 19.4. The van der Waals surface area contributed by atoms with E-state index in [9.17, 15) is 18.0 Å². The Bertz CT molecular complexity index is 1040. The molecule has 0 aliphatic carbocycles. The van der Waals surface area contributed by atoms with Crippen LogP contribution < -0.4 is 4.74 Å². The Hall–Kier alpha value is -3.56. The molecule has 0 bridgehead atoms. The van der Waals surface area contributed by atoms with Gasteiger partial charge in [0, 0.05) is 24.5 Å². The zero-order valence-corrected chi connectivity index (χ0v) is 16.3. The highest BCUT2D eigenvalue weighted by Gasteiger charge is 2.33. The first-order chi connectivity index (χ1) is 14.9. The van der Waals surface area contributed by atoms with Crippen molar-refractivity contribution in [2.45, 2.75) is 25.1 Å². The molecule has 2 aromatic heterocycles. The van der Waals surface area contributed by atoms with Gasteiger partial charge < -0.3 is 9.64 Å². The fourth-order valence-electron chi connectivity index (χ4n) is 3.39. The number of hydrogen-bond donors (Lipinski definition) is 0. The summed E-state index contributed by atoms with van der Waals surface area (Å²) in [6, 6.07) is 8.80. The summed E-state index contributed by atoms with van der Waals surface area (Å²) >= 11 is 0. The lowest BCUT2D eigenvalue weighted by atomic mass is 10.0. The van der Waals surface area contributed by atoms with Crippen molar-refractivity contribution in [3.8, 4) is 17.3 Å². The molecule has 1 amide bonds. The molecule has 0 radical (unpaired) electrons. The highest BCUT2D eigenvalue weighted by Crippen LogP contribution is 2.28. The quantitative estimate of drug-likeness (QED) is 0.630. The molecule has 1 saturated heterocycles. The number of nitrogens with zero attached hydrogens (tertiary/aromatic N) is 5. The molecule has 7 nitrogen and oxygen atoms in total. The second kappa shape index (κ2) is 8.66. The average Bonchev–Trinajstić information content (AvgIpc) is 2.79. The molecule has 3 heterocycles. The van der Waals surface area contributed by atoms with Crippen LogP contribution in [0.1, 0.15) is 28.9 Å². The Morgan fingerprint density at radius 3 is 2.52 bits per heavy atom. The van der Waals surface area contributed by atoms with Gasteiger partial charge in [0.05, 0.1) is 24.5 Å². The number of carbonyl (C=O) groups excluding carboxylic acids is 1. The molecule has 31 heavy (non-hydrogen) atoms. The van der Waals surface area contributed by atoms with E-state index in [1.54, 1.807) is 41.6 Å². The van der Waals surface area contributed by atoms with E-state index in [0.29, 0.717) is 42.5 Å². The third kappa shape index (κ3) is 4.79. The minimum atomic E-state index is -4.56. The first-order valence-electron chi connectivity index (χ1n) is 9.63. The zero-order valence-electron chi connectivity index (χ0n) is 16.3. The third-order valence-corrected chi connectivity index (χ3v) is 4.84. The fourth-order valence-corrected chi connectivity index (χ4v) is 3.39. The van der Waals surface area contributed by atoms with Crippen molar-refractivity contribution in [2.75, 3.05) is 13.1 Å². The first kappa shape index (κ1) is 20.7. The van der Waals surface area contributed by atoms with Crippen LogP contribution in [0.5, 0.6) is 5.88 Å². The average molecular weight is 429 g/mol.